The first kappa shape index (κ1) is 24.7. The minimum atomic E-state index is -0.862. The maximum Gasteiger partial charge on any atom is 0.300 e. The van der Waals surface area contributed by atoms with E-state index >= 15 is 0 Å². The maximum atomic E-state index is 13.6. The zero-order chi connectivity index (χ0) is 26.4. The van der Waals surface area contributed by atoms with Crippen molar-refractivity contribution in [2.75, 3.05) is 11.5 Å². The lowest BCUT2D eigenvalue weighted by Gasteiger charge is -2.26. The summed E-state index contributed by atoms with van der Waals surface area (Å²) in [6.45, 7) is 6.16. The van der Waals surface area contributed by atoms with Gasteiger partial charge in [-0.2, -0.15) is 0 Å². The highest BCUT2D eigenvalue weighted by Crippen LogP contribution is 2.45. The van der Waals surface area contributed by atoms with Crippen LogP contribution in [0.15, 0.2) is 72.4 Å². The molecule has 0 spiro atoms. The van der Waals surface area contributed by atoms with E-state index in [1.807, 2.05) is 81.0 Å². The highest BCUT2D eigenvalue weighted by Gasteiger charge is 2.48. The van der Waals surface area contributed by atoms with Crippen LogP contribution in [0.4, 0.5) is 5.69 Å². The number of aliphatic hydroxyl groups excluding tert-OH is 1. The molecule has 4 aromatic rings. The minimum Gasteiger partial charge on any atom is -0.507 e. The number of hydrogen-bond acceptors (Lipinski definition) is 4. The molecule has 1 aromatic heterocycles. The van der Waals surface area contributed by atoms with Gasteiger partial charge in [-0.1, -0.05) is 35.9 Å². The topological polar surface area (TPSA) is 71.8 Å². The van der Waals surface area contributed by atoms with Crippen LogP contribution in [-0.2, 0) is 16.6 Å². The summed E-state index contributed by atoms with van der Waals surface area (Å²) in [5.41, 5.74) is 4.40. The van der Waals surface area contributed by atoms with E-state index in [0.717, 1.165) is 27.6 Å². The summed E-state index contributed by atoms with van der Waals surface area (Å²) in [5.74, 6) is -1.32. The van der Waals surface area contributed by atoms with Gasteiger partial charge >= 0.3 is 0 Å². The summed E-state index contributed by atoms with van der Waals surface area (Å²) >= 11 is 6.48. The van der Waals surface area contributed by atoms with E-state index in [4.69, 9.17) is 16.3 Å². The molecule has 1 aliphatic heterocycles. The Morgan fingerprint density at radius 3 is 2.43 bits per heavy atom. The first-order chi connectivity index (χ1) is 17.7. The second kappa shape index (κ2) is 9.45. The van der Waals surface area contributed by atoms with Gasteiger partial charge in [-0.15, -0.1) is 0 Å². The van der Waals surface area contributed by atoms with Gasteiger partial charge in [-0.3, -0.25) is 14.5 Å². The van der Waals surface area contributed by atoms with Gasteiger partial charge < -0.3 is 14.4 Å². The number of fused-ring (bicyclic) bond motifs is 1. The number of Topliss-reactive ketones (excluding diaryl/α,β-unsaturated/α-hetero) is 1. The van der Waals surface area contributed by atoms with Gasteiger partial charge in [0.15, 0.2) is 0 Å². The molecule has 1 atom stereocenters. The third kappa shape index (κ3) is 4.17. The highest BCUT2D eigenvalue weighted by molar-refractivity contribution is 6.52. The lowest BCUT2D eigenvalue weighted by Crippen LogP contribution is -2.29. The Hall–Kier alpha value is -4.03. The molecule has 1 saturated heterocycles. The minimum absolute atomic E-state index is 0.0175. The molecule has 1 N–H and O–H groups in total. The van der Waals surface area contributed by atoms with Crippen LogP contribution in [0.25, 0.3) is 16.7 Å². The number of anilines is 1. The molecule has 6 nitrogen and oxygen atoms in total. The summed E-state index contributed by atoms with van der Waals surface area (Å²) in [6.07, 6.45) is 1.91. The predicted octanol–water partition coefficient (Wildman–Crippen LogP) is 6.47. The Balaban J connectivity index is 1.82. The van der Waals surface area contributed by atoms with Crippen LogP contribution in [0.3, 0.4) is 0 Å². The fourth-order valence-corrected chi connectivity index (χ4v) is 5.37. The van der Waals surface area contributed by atoms with Crippen molar-refractivity contribution >= 4 is 45.6 Å². The van der Waals surface area contributed by atoms with Crippen LogP contribution < -0.4 is 9.64 Å². The van der Waals surface area contributed by atoms with Gasteiger partial charge in [0.25, 0.3) is 11.7 Å². The number of carbonyl (C=O) groups excluding carboxylic acids is 2. The number of para-hydroxylation sites is 1. The number of benzene rings is 3. The summed E-state index contributed by atoms with van der Waals surface area (Å²) in [6, 6.07) is 17.6. The lowest BCUT2D eigenvalue weighted by molar-refractivity contribution is -0.132. The number of hydrogen-bond donors (Lipinski definition) is 1. The molecule has 7 heteroatoms. The van der Waals surface area contributed by atoms with Gasteiger partial charge in [0.2, 0.25) is 0 Å². The summed E-state index contributed by atoms with van der Waals surface area (Å²) < 4.78 is 7.55. The van der Waals surface area contributed by atoms with E-state index in [0.29, 0.717) is 18.0 Å². The van der Waals surface area contributed by atoms with E-state index in [9.17, 15) is 14.7 Å². The molecule has 1 unspecified atom stereocenters. The number of ether oxygens (including phenoxy) is 1. The Bertz CT molecular complexity index is 1580. The highest BCUT2D eigenvalue weighted by atomic mass is 35.5. The summed E-state index contributed by atoms with van der Waals surface area (Å²) in [7, 11) is 1.91. The van der Waals surface area contributed by atoms with Crippen LogP contribution in [0.5, 0.6) is 5.75 Å². The van der Waals surface area contributed by atoms with Gasteiger partial charge in [-0.05, 0) is 68.3 Å². The molecule has 1 fully saturated rings. The van der Waals surface area contributed by atoms with Crippen molar-refractivity contribution in [2.45, 2.75) is 26.8 Å². The summed E-state index contributed by atoms with van der Waals surface area (Å²) in [4.78, 5) is 28.7. The van der Waals surface area contributed by atoms with E-state index in [2.05, 4.69) is 0 Å². The molecular weight excluding hydrogens is 488 g/mol. The number of carbonyl (C=O) groups is 2. The molecule has 0 aliphatic carbocycles. The smallest absolute Gasteiger partial charge is 0.300 e. The maximum absolute atomic E-state index is 13.6. The number of aliphatic hydroxyl groups is 1. The third-order valence-electron chi connectivity index (χ3n) is 6.66. The van der Waals surface area contributed by atoms with Crippen LogP contribution >= 0.6 is 11.6 Å². The Labute approximate surface area is 220 Å². The normalized spacial score (nSPS) is 17.1. The Morgan fingerprint density at radius 2 is 1.73 bits per heavy atom. The zero-order valence-electron chi connectivity index (χ0n) is 21.1. The van der Waals surface area contributed by atoms with Gasteiger partial charge in [0.05, 0.1) is 23.2 Å². The second-order valence-corrected chi connectivity index (χ2v) is 9.71. The van der Waals surface area contributed by atoms with E-state index in [1.54, 1.807) is 18.2 Å². The second-order valence-electron chi connectivity index (χ2n) is 9.30. The fourth-order valence-electron chi connectivity index (χ4n) is 5.16. The van der Waals surface area contributed by atoms with Gasteiger partial charge in [0.1, 0.15) is 11.5 Å². The first-order valence-electron chi connectivity index (χ1n) is 12.1. The van der Waals surface area contributed by atoms with E-state index in [-0.39, 0.29) is 21.9 Å². The van der Waals surface area contributed by atoms with Crippen LogP contribution in [-0.4, -0.2) is 28.0 Å². The van der Waals surface area contributed by atoms with Crippen LogP contribution in [0, 0.1) is 13.8 Å². The molecule has 5 rings (SSSR count). The van der Waals surface area contributed by atoms with Crippen molar-refractivity contribution < 1.29 is 19.4 Å². The predicted molar refractivity (Wildman–Crippen MR) is 146 cm³/mol. The number of amides is 1. The number of ketones is 1. The van der Waals surface area contributed by atoms with Gasteiger partial charge in [-0.25, -0.2) is 0 Å². The first-order valence-corrected chi connectivity index (χ1v) is 12.4. The van der Waals surface area contributed by atoms with Crippen molar-refractivity contribution in [3.8, 4) is 5.75 Å². The average molecular weight is 515 g/mol. The zero-order valence-corrected chi connectivity index (χ0v) is 21.8. The Kier molecular flexibility index (Phi) is 6.30. The SMILES string of the molecule is CCOc1ccc(Cl)c(/C(O)=C2\C(=O)C(=O)N(c3cc(C)cc(C)c3)C2c2cn(C)c3ccccc23)c1. The largest absolute Gasteiger partial charge is 0.507 e. The third-order valence-corrected chi connectivity index (χ3v) is 6.98. The standard InChI is InChI=1S/C30H27ClN2O4/c1-5-37-20-10-11-24(31)22(15-20)28(34)26-27(23-16-32(4)25-9-7-6-8-21(23)25)33(30(36)29(26)35)19-13-17(2)12-18(3)14-19/h6-16,27,34H,5H2,1-4H3/b28-26+. The molecule has 188 valence electrons. The van der Waals surface area contributed by atoms with Crippen molar-refractivity contribution in [1.82, 2.24) is 4.57 Å². The van der Waals surface area contributed by atoms with Crippen LogP contribution in [0.1, 0.15) is 35.2 Å². The molecule has 1 aliphatic rings. The average Bonchev–Trinajstić information content (AvgIpc) is 3.33. The number of nitrogens with zero attached hydrogens (tertiary/aromatic N) is 2. The van der Waals surface area contributed by atoms with Crippen LogP contribution in [0.2, 0.25) is 5.02 Å². The van der Waals surface area contributed by atoms with E-state index in [1.165, 1.54) is 4.90 Å². The summed E-state index contributed by atoms with van der Waals surface area (Å²) in [5, 5.41) is 12.7. The van der Waals surface area contributed by atoms with Crippen molar-refractivity contribution in [3.63, 3.8) is 0 Å². The number of halogens is 1. The van der Waals surface area contributed by atoms with E-state index < -0.39 is 17.7 Å². The van der Waals surface area contributed by atoms with Gasteiger partial charge in [0, 0.05) is 41.0 Å². The molecule has 2 heterocycles. The lowest BCUT2D eigenvalue weighted by atomic mass is 9.94. The monoisotopic (exact) mass is 514 g/mol. The molecule has 3 aromatic carbocycles. The quantitative estimate of drug-likeness (QED) is 0.188. The molecule has 37 heavy (non-hydrogen) atoms. The molecular formula is C30H27ClN2O4. The van der Waals surface area contributed by atoms with Crippen molar-refractivity contribution in [2.24, 2.45) is 7.05 Å². The Morgan fingerprint density at radius 1 is 1.03 bits per heavy atom. The molecule has 0 saturated carbocycles. The van der Waals surface area contributed by atoms with Crippen molar-refractivity contribution in [1.29, 1.82) is 0 Å². The number of aryl methyl sites for hydroxylation is 3. The molecule has 1 amide bonds. The molecule has 0 bridgehead atoms. The number of rotatable bonds is 5. The van der Waals surface area contributed by atoms with Crippen molar-refractivity contribution in [3.05, 3.63) is 99.7 Å². The molecule has 0 radical (unpaired) electrons. The fraction of sp³-hybridized carbons (Fsp3) is 0.200. The number of aromatic nitrogens is 1.